The van der Waals surface area contributed by atoms with Crippen molar-refractivity contribution in [2.75, 3.05) is 6.54 Å². The Hall–Kier alpha value is -0.280. The Bertz CT molecular complexity index is 368. The highest BCUT2D eigenvalue weighted by atomic mass is 35.5. The van der Waals surface area contributed by atoms with E-state index in [9.17, 15) is 5.11 Å². The van der Waals surface area contributed by atoms with Crippen molar-refractivity contribution in [3.8, 4) is 0 Å². The first-order chi connectivity index (χ1) is 7.95. The van der Waals surface area contributed by atoms with Crippen LogP contribution in [-0.4, -0.2) is 17.8 Å². The molecule has 17 heavy (non-hydrogen) atoms. The van der Waals surface area contributed by atoms with Gasteiger partial charge in [-0.05, 0) is 30.0 Å². The number of nitrogens with two attached hydrogens (primary N) is 1. The molecule has 0 aliphatic carbocycles. The van der Waals surface area contributed by atoms with Crippen molar-refractivity contribution < 1.29 is 5.11 Å². The van der Waals surface area contributed by atoms with E-state index in [0.717, 1.165) is 5.56 Å². The van der Waals surface area contributed by atoms with Crippen LogP contribution in [0.15, 0.2) is 18.2 Å². The summed E-state index contributed by atoms with van der Waals surface area (Å²) < 4.78 is 0. The molecule has 0 saturated carbocycles. The molecular formula is C13H19Cl2NO. The molecule has 2 unspecified atom stereocenters. The molecule has 96 valence electrons. The average molecular weight is 276 g/mol. The van der Waals surface area contributed by atoms with Crippen LogP contribution in [0.4, 0.5) is 0 Å². The van der Waals surface area contributed by atoms with Crippen molar-refractivity contribution in [3.63, 3.8) is 0 Å². The van der Waals surface area contributed by atoms with Crippen molar-refractivity contribution >= 4 is 23.2 Å². The molecule has 0 spiro atoms. The summed E-state index contributed by atoms with van der Waals surface area (Å²) in [5, 5.41) is 11.3. The molecule has 0 bridgehead atoms. The summed E-state index contributed by atoms with van der Waals surface area (Å²) in [6, 6.07) is 5.29. The van der Waals surface area contributed by atoms with Crippen LogP contribution in [0.25, 0.3) is 0 Å². The Morgan fingerprint density at radius 2 is 1.94 bits per heavy atom. The van der Waals surface area contributed by atoms with Gasteiger partial charge in [-0.1, -0.05) is 43.1 Å². The quantitative estimate of drug-likeness (QED) is 0.865. The van der Waals surface area contributed by atoms with Gasteiger partial charge in [-0.2, -0.15) is 0 Å². The minimum Gasteiger partial charge on any atom is -0.392 e. The Kier molecular flexibility index (Phi) is 5.74. The molecule has 0 fully saturated rings. The second-order valence-corrected chi connectivity index (χ2v) is 5.55. The Balaban J connectivity index is 2.93. The van der Waals surface area contributed by atoms with Gasteiger partial charge in [0.1, 0.15) is 0 Å². The van der Waals surface area contributed by atoms with E-state index in [1.165, 1.54) is 0 Å². The Morgan fingerprint density at radius 1 is 1.29 bits per heavy atom. The molecule has 0 radical (unpaired) electrons. The van der Waals surface area contributed by atoms with Crippen LogP contribution < -0.4 is 5.73 Å². The van der Waals surface area contributed by atoms with Gasteiger partial charge in [0.25, 0.3) is 0 Å². The van der Waals surface area contributed by atoms with Crippen molar-refractivity contribution in [2.45, 2.75) is 32.3 Å². The predicted octanol–water partition coefficient (Wildman–Crippen LogP) is 3.44. The monoisotopic (exact) mass is 275 g/mol. The number of rotatable bonds is 5. The molecule has 2 nitrogen and oxygen atoms in total. The third-order valence-corrected chi connectivity index (χ3v) is 3.36. The zero-order valence-corrected chi connectivity index (χ0v) is 11.7. The molecule has 0 amide bonds. The molecular weight excluding hydrogens is 257 g/mol. The zero-order chi connectivity index (χ0) is 13.0. The molecule has 0 aliphatic heterocycles. The second kappa shape index (κ2) is 6.60. The number of hydrogen-bond acceptors (Lipinski definition) is 2. The van der Waals surface area contributed by atoms with Crippen LogP contribution in [0, 0.1) is 5.92 Å². The number of aliphatic hydroxyl groups excluding tert-OH is 1. The van der Waals surface area contributed by atoms with Gasteiger partial charge in [-0.3, -0.25) is 0 Å². The van der Waals surface area contributed by atoms with Gasteiger partial charge in [0.15, 0.2) is 0 Å². The normalized spacial score (nSPS) is 15.0. The van der Waals surface area contributed by atoms with Crippen molar-refractivity contribution in [3.05, 3.63) is 33.8 Å². The van der Waals surface area contributed by atoms with Gasteiger partial charge in [0.05, 0.1) is 6.10 Å². The third kappa shape index (κ3) is 4.14. The molecule has 0 aromatic heterocycles. The maximum atomic E-state index is 10.2. The van der Waals surface area contributed by atoms with Gasteiger partial charge in [0, 0.05) is 22.5 Å². The lowest BCUT2D eigenvalue weighted by Gasteiger charge is -2.24. The number of hydrogen-bond donors (Lipinski definition) is 2. The minimum atomic E-state index is -0.473. The van der Waals surface area contributed by atoms with Crippen molar-refractivity contribution in [2.24, 2.45) is 11.7 Å². The van der Waals surface area contributed by atoms with E-state index < -0.39 is 6.10 Å². The fourth-order valence-corrected chi connectivity index (χ4v) is 2.49. The fourth-order valence-electron chi connectivity index (χ4n) is 1.94. The summed E-state index contributed by atoms with van der Waals surface area (Å²) in [4.78, 5) is 0. The number of benzene rings is 1. The van der Waals surface area contributed by atoms with Crippen LogP contribution in [0.1, 0.15) is 31.7 Å². The van der Waals surface area contributed by atoms with Crippen molar-refractivity contribution in [1.82, 2.24) is 0 Å². The molecule has 1 aromatic carbocycles. The summed E-state index contributed by atoms with van der Waals surface area (Å²) in [6.07, 6.45) is 0.236. The highest BCUT2D eigenvalue weighted by Crippen LogP contribution is 2.30. The van der Waals surface area contributed by atoms with Gasteiger partial charge in [0.2, 0.25) is 0 Å². The van der Waals surface area contributed by atoms with E-state index in [1.807, 2.05) is 6.07 Å². The molecule has 0 aliphatic rings. The molecule has 2 atom stereocenters. The summed E-state index contributed by atoms with van der Waals surface area (Å²) in [6.45, 7) is 4.51. The van der Waals surface area contributed by atoms with Crippen molar-refractivity contribution in [1.29, 1.82) is 0 Å². The molecule has 1 rings (SSSR count). The SMILES string of the molecule is CC(C)CC(O)C(CN)c1ccc(Cl)cc1Cl. The average Bonchev–Trinajstić information content (AvgIpc) is 2.21. The molecule has 0 saturated heterocycles. The summed E-state index contributed by atoms with van der Waals surface area (Å²) in [5.74, 6) is 0.285. The van der Waals surface area contributed by atoms with E-state index in [2.05, 4.69) is 13.8 Å². The summed E-state index contributed by atoms with van der Waals surface area (Å²) >= 11 is 12.0. The van der Waals surface area contributed by atoms with E-state index >= 15 is 0 Å². The zero-order valence-electron chi connectivity index (χ0n) is 10.2. The van der Waals surface area contributed by atoms with Crippen LogP contribution in [0.5, 0.6) is 0 Å². The molecule has 1 aromatic rings. The highest BCUT2D eigenvalue weighted by Gasteiger charge is 2.22. The highest BCUT2D eigenvalue weighted by molar-refractivity contribution is 6.35. The van der Waals surface area contributed by atoms with E-state index in [4.69, 9.17) is 28.9 Å². The fraction of sp³-hybridized carbons (Fsp3) is 0.538. The maximum absolute atomic E-state index is 10.2. The van der Waals surface area contributed by atoms with Crippen LogP contribution in [0.2, 0.25) is 10.0 Å². The first-order valence-corrected chi connectivity index (χ1v) is 6.54. The topological polar surface area (TPSA) is 46.2 Å². The Labute approximate surface area is 113 Å². The lowest BCUT2D eigenvalue weighted by molar-refractivity contribution is 0.121. The first-order valence-electron chi connectivity index (χ1n) is 5.78. The van der Waals surface area contributed by atoms with Crippen LogP contribution >= 0.6 is 23.2 Å². The summed E-state index contributed by atoms with van der Waals surface area (Å²) in [5.41, 5.74) is 6.60. The largest absolute Gasteiger partial charge is 0.392 e. The third-order valence-electron chi connectivity index (χ3n) is 2.79. The summed E-state index contributed by atoms with van der Waals surface area (Å²) in [7, 11) is 0. The Morgan fingerprint density at radius 3 is 2.41 bits per heavy atom. The molecule has 3 N–H and O–H groups in total. The predicted molar refractivity (Wildman–Crippen MR) is 73.7 cm³/mol. The van der Waals surface area contributed by atoms with Crippen LogP contribution in [-0.2, 0) is 0 Å². The lowest BCUT2D eigenvalue weighted by Crippen LogP contribution is -2.27. The minimum absolute atomic E-state index is 0.137. The van der Waals surface area contributed by atoms with Gasteiger partial charge >= 0.3 is 0 Å². The first kappa shape index (κ1) is 14.8. The van der Waals surface area contributed by atoms with E-state index in [0.29, 0.717) is 28.9 Å². The molecule has 0 heterocycles. The lowest BCUT2D eigenvalue weighted by atomic mass is 9.88. The standard InChI is InChI=1S/C13H19Cl2NO/c1-8(2)5-13(17)11(7-16)10-4-3-9(14)6-12(10)15/h3-4,6,8,11,13,17H,5,7,16H2,1-2H3. The van der Waals surface area contributed by atoms with Gasteiger partial charge in [-0.15, -0.1) is 0 Å². The van der Waals surface area contributed by atoms with Gasteiger partial charge < -0.3 is 10.8 Å². The van der Waals surface area contributed by atoms with E-state index in [1.54, 1.807) is 12.1 Å². The van der Waals surface area contributed by atoms with Crippen LogP contribution in [0.3, 0.4) is 0 Å². The number of aliphatic hydroxyl groups is 1. The second-order valence-electron chi connectivity index (χ2n) is 4.70. The van der Waals surface area contributed by atoms with E-state index in [-0.39, 0.29) is 5.92 Å². The molecule has 4 heteroatoms. The van der Waals surface area contributed by atoms with Gasteiger partial charge in [-0.25, -0.2) is 0 Å². The smallest absolute Gasteiger partial charge is 0.0623 e. The number of halogens is 2. The maximum Gasteiger partial charge on any atom is 0.0623 e.